The summed E-state index contributed by atoms with van der Waals surface area (Å²) in [5.41, 5.74) is 0.765. The first kappa shape index (κ1) is 19.1. The Labute approximate surface area is 126 Å². The number of ether oxygens (including phenoxy) is 1. The van der Waals surface area contributed by atoms with Crippen LogP contribution in [-0.4, -0.2) is 36.5 Å². The van der Waals surface area contributed by atoms with Crippen LogP contribution in [0.4, 0.5) is 0 Å². The van der Waals surface area contributed by atoms with Gasteiger partial charge in [-0.15, -0.1) is 6.58 Å². The summed E-state index contributed by atoms with van der Waals surface area (Å²) in [4.78, 5) is 35.3. The maximum absolute atomic E-state index is 12.3. The van der Waals surface area contributed by atoms with Crippen LogP contribution in [0.1, 0.15) is 41.0 Å². The summed E-state index contributed by atoms with van der Waals surface area (Å²) in [7, 11) is 0. The standard InChI is InChI=1S/C15H26N2O4/c1-7-21-15(20)13(10(4)5)17-14(19)12(8-9(2)3)16-11(6)18/h10,12-13H,2,7-8H2,1,3-6H3,(H,16,18)(H,17,19)/t12-,13+/m1/s1. The van der Waals surface area contributed by atoms with E-state index >= 15 is 0 Å². The highest BCUT2D eigenvalue weighted by atomic mass is 16.5. The SMILES string of the molecule is C=C(C)C[C@@H](NC(C)=O)C(=O)N[C@H](C(=O)OCC)C(C)C. The molecule has 0 aromatic rings. The van der Waals surface area contributed by atoms with Gasteiger partial charge in [0.1, 0.15) is 12.1 Å². The van der Waals surface area contributed by atoms with Gasteiger partial charge in [-0.05, 0) is 26.2 Å². The molecule has 2 N–H and O–H groups in total. The van der Waals surface area contributed by atoms with E-state index in [9.17, 15) is 14.4 Å². The Morgan fingerprint density at radius 3 is 2.10 bits per heavy atom. The van der Waals surface area contributed by atoms with E-state index in [1.54, 1.807) is 13.8 Å². The quantitative estimate of drug-likeness (QED) is 0.520. The van der Waals surface area contributed by atoms with Crippen molar-refractivity contribution in [1.82, 2.24) is 10.6 Å². The largest absolute Gasteiger partial charge is 0.464 e. The van der Waals surface area contributed by atoms with E-state index in [-0.39, 0.29) is 18.4 Å². The number of amides is 2. The van der Waals surface area contributed by atoms with Crippen LogP contribution in [0.2, 0.25) is 0 Å². The van der Waals surface area contributed by atoms with Gasteiger partial charge in [0.25, 0.3) is 0 Å². The summed E-state index contributed by atoms with van der Waals surface area (Å²) in [5.74, 6) is -1.32. The molecule has 6 nitrogen and oxygen atoms in total. The molecule has 0 spiro atoms. The molecule has 0 unspecified atom stereocenters. The lowest BCUT2D eigenvalue weighted by Crippen LogP contribution is -2.53. The van der Waals surface area contributed by atoms with Crippen LogP contribution in [0.5, 0.6) is 0 Å². The number of esters is 1. The van der Waals surface area contributed by atoms with Gasteiger partial charge in [0.2, 0.25) is 11.8 Å². The molecule has 120 valence electrons. The van der Waals surface area contributed by atoms with Crippen molar-refractivity contribution in [1.29, 1.82) is 0 Å². The van der Waals surface area contributed by atoms with Crippen molar-refractivity contribution in [2.45, 2.75) is 53.1 Å². The lowest BCUT2D eigenvalue weighted by molar-refractivity contribution is -0.149. The Balaban J connectivity index is 4.93. The van der Waals surface area contributed by atoms with E-state index in [1.807, 2.05) is 13.8 Å². The third-order valence-electron chi connectivity index (χ3n) is 2.75. The first-order valence-corrected chi connectivity index (χ1v) is 7.07. The lowest BCUT2D eigenvalue weighted by Gasteiger charge is -2.24. The van der Waals surface area contributed by atoms with E-state index in [0.717, 1.165) is 5.57 Å². The van der Waals surface area contributed by atoms with Crippen LogP contribution in [0.15, 0.2) is 12.2 Å². The van der Waals surface area contributed by atoms with Crippen molar-refractivity contribution in [3.05, 3.63) is 12.2 Å². The lowest BCUT2D eigenvalue weighted by atomic mass is 10.0. The van der Waals surface area contributed by atoms with Gasteiger partial charge in [-0.3, -0.25) is 9.59 Å². The molecular weight excluding hydrogens is 272 g/mol. The highest BCUT2D eigenvalue weighted by Crippen LogP contribution is 2.07. The van der Waals surface area contributed by atoms with Crippen LogP contribution in [0.3, 0.4) is 0 Å². The molecule has 0 rings (SSSR count). The van der Waals surface area contributed by atoms with Crippen LogP contribution >= 0.6 is 0 Å². The summed E-state index contributed by atoms with van der Waals surface area (Å²) in [6, 6.07) is -1.48. The minimum absolute atomic E-state index is 0.115. The summed E-state index contributed by atoms with van der Waals surface area (Å²) in [6.45, 7) is 12.4. The highest BCUT2D eigenvalue weighted by Gasteiger charge is 2.29. The smallest absolute Gasteiger partial charge is 0.328 e. The third-order valence-corrected chi connectivity index (χ3v) is 2.75. The minimum Gasteiger partial charge on any atom is -0.464 e. The monoisotopic (exact) mass is 298 g/mol. The van der Waals surface area contributed by atoms with Crippen molar-refractivity contribution < 1.29 is 19.1 Å². The molecule has 2 atom stereocenters. The molecular formula is C15H26N2O4. The number of carbonyl (C=O) groups is 3. The molecule has 0 aromatic heterocycles. The van der Waals surface area contributed by atoms with Gasteiger partial charge in [-0.1, -0.05) is 19.4 Å². The molecule has 0 aliphatic heterocycles. The number of carbonyl (C=O) groups excluding carboxylic acids is 3. The zero-order chi connectivity index (χ0) is 16.6. The second-order valence-electron chi connectivity index (χ2n) is 5.40. The zero-order valence-corrected chi connectivity index (χ0v) is 13.5. The normalized spacial score (nSPS) is 13.2. The zero-order valence-electron chi connectivity index (χ0n) is 13.5. The number of rotatable bonds is 8. The fraction of sp³-hybridized carbons (Fsp3) is 0.667. The van der Waals surface area contributed by atoms with Gasteiger partial charge < -0.3 is 15.4 Å². The Morgan fingerprint density at radius 1 is 1.14 bits per heavy atom. The Bertz CT molecular complexity index is 388. The van der Waals surface area contributed by atoms with Gasteiger partial charge in [0.15, 0.2) is 0 Å². The summed E-state index contributed by atoms with van der Waals surface area (Å²) in [6.07, 6.45) is 0.319. The fourth-order valence-electron chi connectivity index (χ4n) is 1.79. The maximum Gasteiger partial charge on any atom is 0.328 e. The van der Waals surface area contributed by atoms with Crippen molar-refractivity contribution in [2.24, 2.45) is 5.92 Å². The molecule has 0 heterocycles. The predicted octanol–water partition coefficient (Wildman–Crippen LogP) is 1.16. The van der Waals surface area contributed by atoms with E-state index in [1.165, 1.54) is 6.92 Å². The Morgan fingerprint density at radius 2 is 1.71 bits per heavy atom. The maximum atomic E-state index is 12.3. The van der Waals surface area contributed by atoms with E-state index < -0.39 is 24.0 Å². The Kier molecular flexibility index (Phi) is 8.35. The van der Waals surface area contributed by atoms with Gasteiger partial charge >= 0.3 is 5.97 Å². The van der Waals surface area contributed by atoms with E-state index in [0.29, 0.717) is 6.42 Å². The first-order valence-electron chi connectivity index (χ1n) is 7.07. The number of hydrogen-bond donors (Lipinski definition) is 2. The van der Waals surface area contributed by atoms with Gasteiger partial charge in [-0.2, -0.15) is 0 Å². The van der Waals surface area contributed by atoms with Crippen molar-refractivity contribution in [3.63, 3.8) is 0 Å². The molecule has 0 aliphatic carbocycles. The van der Waals surface area contributed by atoms with Gasteiger partial charge in [0, 0.05) is 6.92 Å². The Hall–Kier alpha value is -1.85. The molecule has 0 bridgehead atoms. The fourth-order valence-corrected chi connectivity index (χ4v) is 1.79. The average Bonchev–Trinajstić information content (AvgIpc) is 2.33. The molecule has 0 saturated carbocycles. The van der Waals surface area contributed by atoms with Crippen molar-refractivity contribution in [2.75, 3.05) is 6.61 Å². The van der Waals surface area contributed by atoms with E-state index in [4.69, 9.17) is 4.74 Å². The van der Waals surface area contributed by atoms with E-state index in [2.05, 4.69) is 17.2 Å². The van der Waals surface area contributed by atoms with Gasteiger partial charge in [-0.25, -0.2) is 4.79 Å². The third kappa shape index (κ3) is 7.48. The van der Waals surface area contributed by atoms with Crippen molar-refractivity contribution in [3.8, 4) is 0 Å². The topological polar surface area (TPSA) is 84.5 Å². The van der Waals surface area contributed by atoms with Crippen LogP contribution in [-0.2, 0) is 19.1 Å². The summed E-state index contributed by atoms with van der Waals surface area (Å²) >= 11 is 0. The second kappa shape index (κ2) is 9.15. The highest BCUT2D eigenvalue weighted by molar-refractivity contribution is 5.90. The predicted molar refractivity (Wildman–Crippen MR) is 80.4 cm³/mol. The van der Waals surface area contributed by atoms with Crippen LogP contribution in [0, 0.1) is 5.92 Å². The minimum atomic E-state index is -0.740. The first-order chi connectivity index (χ1) is 9.68. The molecule has 0 radical (unpaired) electrons. The molecule has 0 fully saturated rings. The molecule has 2 amide bonds. The molecule has 0 aliphatic rings. The van der Waals surface area contributed by atoms with Crippen LogP contribution < -0.4 is 10.6 Å². The average molecular weight is 298 g/mol. The molecule has 0 saturated heterocycles. The van der Waals surface area contributed by atoms with Crippen LogP contribution in [0.25, 0.3) is 0 Å². The molecule has 6 heteroatoms. The summed E-state index contributed by atoms with van der Waals surface area (Å²) in [5, 5.41) is 5.20. The second-order valence-corrected chi connectivity index (χ2v) is 5.40. The number of hydrogen-bond acceptors (Lipinski definition) is 4. The number of nitrogens with one attached hydrogen (secondary N) is 2. The van der Waals surface area contributed by atoms with Crippen molar-refractivity contribution >= 4 is 17.8 Å². The van der Waals surface area contributed by atoms with Gasteiger partial charge in [0.05, 0.1) is 6.61 Å². The molecule has 0 aromatic carbocycles. The molecule has 21 heavy (non-hydrogen) atoms. The summed E-state index contributed by atoms with van der Waals surface area (Å²) < 4.78 is 4.95.